The van der Waals surface area contributed by atoms with Crippen LogP contribution in [0.3, 0.4) is 0 Å². The predicted octanol–water partition coefficient (Wildman–Crippen LogP) is 1.45. The summed E-state index contributed by atoms with van der Waals surface area (Å²) in [7, 11) is 0. The van der Waals surface area contributed by atoms with Gasteiger partial charge in [0, 0.05) is 44.7 Å². The van der Waals surface area contributed by atoms with Crippen molar-refractivity contribution in [3.63, 3.8) is 0 Å². The lowest BCUT2D eigenvalue weighted by Gasteiger charge is -2.38. The van der Waals surface area contributed by atoms with Gasteiger partial charge in [0.1, 0.15) is 0 Å². The third-order valence-corrected chi connectivity index (χ3v) is 4.80. The Hall–Kier alpha value is -0.610. The first-order valence-corrected chi connectivity index (χ1v) is 7.85. The Labute approximate surface area is 117 Å². The molecule has 0 aromatic carbocycles. The van der Waals surface area contributed by atoms with Crippen LogP contribution in [0.25, 0.3) is 0 Å². The summed E-state index contributed by atoms with van der Waals surface area (Å²) in [5.74, 6) is 0.745. The van der Waals surface area contributed by atoms with Gasteiger partial charge < -0.3 is 10.6 Å². The summed E-state index contributed by atoms with van der Waals surface area (Å²) in [6, 6.07) is 0.832. The summed E-state index contributed by atoms with van der Waals surface area (Å²) in [4.78, 5) is 16.8. The Bertz CT molecular complexity index is 298. The molecule has 0 spiro atoms. The second-order valence-electron chi connectivity index (χ2n) is 6.42. The SMILES string of the molecule is CC(C)N1CCN(C(=O)CC2CCCCC2N)CC1. The standard InChI is InChI=1S/C15H29N3O/c1-12(2)17-7-9-18(10-8-17)15(19)11-13-5-3-4-6-14(13)16/h12-14H,3-11,16H2,1-2H3. The molecule has 1 aliphatic carbocycles. The van der Waals surface area contributed by atoms with E-state index in [9.17, 15) is 4.79 Å². The third kappa shape index (κ3) is 3.93. The van der Waals surface area contributed by atoms with E-state index in [-0.39, 0.29) is 6.04 Å². The molecule has 4 nitrogen and oxygen atoms in total. The van der Waals surface area contributed by atoms with Gasteiger partial charge >= 0.3 is 0 Å². The van der Waals surface area contributed by atoms with Crippen molar-refractivity contribution in [2.45, 2.75) is 58.0 Å². The van der Waals surface area contributed by atoms with Crippen LogP contribution in [-0.2, 0) is 4.79 Å². The van der Waals surface area contributed by atoms with Crippen LogP contribution in [0.4, 0.5) is 0 Å². The number of amides is 1. The summed E-state index contributed by atoms with van der Waals surface area (Å²) in [5, 5.41) is 0. The fourth-order valence-electron chi connectivity index (χ4n) is 3.33. The molecule has 19 heavy (non-hydrogen) atoms. The average Bonchev–Trinajstić information content (AvgIpc) is 2.41. The number of hydrogen-bond donors (Lipinski definition) is 1. The predicted molar refractivity (Wildman–Crippen MR) is 77.8 cm³/mol. The van der Waals surface area contributed by atoms with Crippen LogP contribution in [0.1, 0.15) is 46.0 Å². The minimum Gasteiger partial charge on any atom is -0.340 e. The lowest BCUT2D eigenvalue weighted by Crippen LogP contribution is -2.51. The smallest absolute Gasteiger partial charge is 0.222 e. The zero-order valence-corrected chi connectivity index (χ0v) is 12.5. The van der Waals surface area contributed by atoms with E-state index in [0.717, 1.165) is 39.0 Å². The molecule has 2 atom stereocenters. The molecule has 1 saturated carbocycles. The Kier molecular flexibility index (Phi) is 5.22. The van der Waals surface area contributed by atoms with Gasteiger partial charge in [-0.1, -0.05) is 12.8 Å². The summed E-state index contributed by atoms with van der Waals surface area (Å²) < 4.78 is 0. The number of carbonyl (C=O) groups is 1. The van der Waals surface area contributed by atoms with Crippen LogP contribution in [0, 0.1) is 5.92 Å². The van der Waals surface area contributed by atoms with Gasteiger partial charge in [-0.25, -0.2) is 0 Å². The molecule has 2 aliphatic rings. The molecule has 0 aromatic heterocycles. The number of nitrogens with zero attached hydrogens (tertiary/aromatic N) is 2. The van der Waals surface area contributed by atoms with Crippen molar-refractivity contribution in [2.24, 2.45) is 11.7 Å². The maximum atomic E-state index is 12.3. The van der Waals surface area contributed by atoms with Crippen molar-refractivity contribution in [2.75, 3.05) is 26.2 Å². The number of rotatable bonds is 3. The van der Waals surface area contributed by atoms with Crippen molar-refractivity contribution in [1.82, 2.24) is 9.80 Å². The molecule has 110 valence electrons. The lowest BCUT2D eigenvalue weighted by molar-refractivity contribution is -0.134. The summed E-state index contributed by atoms with van der Waals surface area (Å²) >= 11 is 0. The van der Waals surface area contributed by atoms with Crippen molar-refractivity contribution in [3.05, 3.63) is 0 Å². The molecule has 1 heterocycles. The maximum absolute atomic E-state index is 12.3. The molecule has 0 bridgehead atoms. The highest BCUT2D eigenvalue weighted by molar-refractivity contribution is 5.76. The third-order valence-electron chi connectivity index (χ3n) is 4.80. The Morgan fingerprint density at radius 1 is 1.16 bits per heavy atom. The molecule has 0 aromatic rings. The Morgan fingerprint density at radius 3 is 2.37 bits per heavy atom. The molecular weight excluding hydrogens is 238 g/mol. The van der Waals surface area contributed by atoms with Crippen LogP contribution >= 0.6 is 0 Å². The minimum absolute atomic E-state index is 0.245. The largest absolute Gasteiger partial charge is 0.340 e. The highest BCUT2D eigenvalue weighted by atomic mass is 16.2. The highest BCUT2D eigenvalue weighted by Gasteiger charge is 2.28. The second kappa shape index (κ2) is 6.71. The summed E-state index contributed by atoms with van der Waals surface area (Å²) in [5.41, 5.74) is 6.14. The van der Waals surface area contributed by atoms with Crippen LogP contribution in [0.15, 0.2) is 0 Å². The van der Waals surface area contributed by atoms with E-state index in [1.54, 1.807) is 0 Å². The molecule has 1 saturated heterocycles. The number of piperazine rings is 1. The van der Waals surface area contributed by atoms with Gasteiger partial charge in [-0.05, 0) is 32.6 Å². The molecule has 1 aliphatic heterocycles. The summed E-state index contributed by atoms with van der Waals surface area (Å²) in [6.45, 7) is 8.25. The Balaban J connectivity index is 1.78. The zero-order chi connectivity index (χ0) is 13.8. The van der Waals surface area contributed by atoms with E-state index in [0.29, 0.717) is 24.3 Å². The van der Waals surface area contributed by atoms with Crippen LogP contribution in [0.5, 0.6) is 0 Å². The van der Waals surface area contributed by atoms with E-state index < -0.39 is 0 Å². The molecule has 2 fully saturated rings. The van der Waals surface area contributed by atoms with Crippen LogP contribution < -0.4 is 5.73 Å². The first kappa shape index (κ1) is 14.8. The van der Waals surface area contributed by atoms with Gasteiger partial charge in [0.15, 0.2) is 0 Å². The van der Waals surface area contributed by atoms with E-state index in [2.05, 4.69) is 18.7 Å². The van der Waals surface area contributed by atoms with Crippen molar-refractivity contribution < 1.29 is 4.79 Å². The van der Waals surface area contributed by atoms with E-state index in [1.165, 1.54) is 12.8 Å². The highest BCUT2D eigenvalue weighted by Crippen LogP contribution is 2.26. The average molecular weight is 267 g/mol. The fourth-order valence-corrected chi connectivity index (χ4v) is 3.33. The molecule has 2 unspecified atom stereocenters. The quantitative estimate of drug-likeness (QED) is 0.842. The van der Waals surface area contributed by atoms with Gasteiger partial charge in [0.25, 0.3) is 0 Å². The molecule has 2 rings (SSSR count). The molecule has 0 radical (unpaired) electrons. The Morgan fingerprint density at radius 2 is 1.79 bits per heavy atom. The maximum Gasteiger partial charge on any atom is 0.222 e. The van der Waals surface area contributed by atoms with Crippen molar-refractivity contribution in [3.8, 4) is 0 Å². The van der Waals surface area contributed by atoms with Crippen LogP contribution in [-0.4, -0.2) is 54.0 Å². The first-order valence-electron chi connectivity index (χ1n) is 7.85. The number of nitrogens with two attached hydrogens (primary N) is 1. The van der Waals surface area contributed by atoms with Gasteiger partial charge in [0.2, 0.25) is 5.91 Å². The topological polar surface area (TPSA) is 49.6 Å². The lowest BCUT2D eigenvalue weighted by atomic mass is 9.82. The first-order chi connectivity index (χ1) is 9.08. The van der Waals surface area contributed by atoms with Gasteiger partial charge in [-0.3, -0.25) is 9.69 Å². The molecule has 4 heteroatoms. The molecule has 2 N–H and O–H groups in total. The van der Waals surface area contributed by atoms with Gasteiger partial charge in [0.05, 0.1) is 0 Å². The number of carbonyl (C=O) groups excluding carboxylic acids is 1. The second-order valence-corrected chi connectivity index (χ2v) is 6.42. The summed E-state index contributed by atoms with van der Waals surface area (Å²) in [6.07, 6.45) is 5.38. The molecule has 1 amide bonds. The van der Waals surface area contributed by atoms with Crippen LogP contribution in [0.2, 0.25) is 0 Å². The van der Waals surface area contributed by atoms with E-state index >= 15 is 0 Å². The fraction of sp³-hybridized carbons (Fsp3) is 0.933. The van der Waals surface area contributed by atoms with E-state index in [1.807, 2.05) is 4.90 Å². The van der Waals surface area contributed by atoms with Crippen molar-refractivity contribution >= 4 is 5.91 Å². The number of hydrogen-bond acceptors (Lipinski definition) is 3. The zero-order valence-electron chi connectivity index (χ0n) is 12.5. The normalized spacial score (nSPS) is 29.8. The monoisotopic (exact) mass is 267 g/mol. The van der Waals surface area contributed by atoms with Gasteiger partial charge in [-0.2, -0.15) is 0 Å². The van der Waals surface area contributed by atoms with E-state index in [4.69, 9.17) is 5.73 Å². The molecular formula is C15H29N3O. The van der Waals surface area contributed by atoms with Crippen molar-refractivity contribution in [1.29, 1.82) is 0 Å². The van der Waals surface area contributed by atoms with Gasteiger partial charge in [-0.15, -0.1) is 0 Å². The minimum atomic E-state index is 0.245.